The average Bonchev–Trinajstić information content (AvgIpc) is 3.31. The molecule has 160 valence electrons. The molecule has 0 bridgehead atoms. The number of ether oxygens (including phenoxy) is 3. The number of nitrogens with one attached hydrogen (secondary N) is 2. The third kappa shape index (κ3) is 5.73. The van der Waals surface area contributed by atoms with Gasteiger partial charge >= 0.3 is 0 Å². The number of carbonyl (C=O) groups is 1. The first-order valence-electron chi connectivity index (χ1n) is 10.2. The first-order valence-corrected chi connectivity index (χ1v) is 10.2. The summed E-state index contributed by atoms with van der Waals surface area (Å²) in [4.78, 5) is 17.6. The van der Waals surface area contributed by atoms with Crippen LogP contribution in [0.2, 0.25) is 0 Å². The number of methoxy groups -OCH3 is 2. The van der Waals surface area contributed by atoms with Gasteiger partial charge in [0.15, 0.2) is 0 Å². The lowest BCUT2D eigenvalue weighted by Crippen LogP contribution is -2.37. The molecule has 0 saturated carbocycles. The van der Waals surface area contributed by atoms with Crippen molar-refractivity contribution in [3.63, 3.8) is 0 Å². The fourth-order valence-electron chi connectivity index (χ4n) is 3.29. The fourth-order valence-corrected chi connectivity index (χ4v) is 3.29. The highest BCUT2D eigenvalue weighted by molar-refractivity contribution is 6.10. The normalized spacial score (nSPS) is 16.2. The van der Waals surface area contributed by atoms with Crippen molar-refractivity contribution >= 4 is 17.6 Å². The summed E-state index contributed by atoms with van der Waals surface area (Å²) in [5.74, 6) is 1.17. The molecule has 0 aliphatic carbocycles. The zero-order valence-corrected chi connectivity index (χ0v) is 17.7. The van der Waals surface area contributed by atoms with Crippen molar-refractivity contribution in [2.45, 2.75) is 32.3 Å². The van der Waals surface area contributed by atoms with Gasteiger partial charge in [0.05, 0.1) is 26.9 Å². The molecule has 1 saturated heterocycles. The fraction of sp³-hybridized carbons (Fsp3) is 0.391. The molecule has 2 aromatic rings. The molecule has 1 aliphatic rings. The molecule has 7 nitrogen and oxygen atoms in total. The van der Waals surface area contributed by atoms with E-state index in [0.29, 0.717) is 29.6 Å². The van der Waals surface area contributed by atoms with Crippen LogP contribution in [0.3, 0.4) is 0 Å². The Balaban J connectivity index is 1.82. The minimum absolute atomic E-state index is 0.0806. The number of aliphatic imine (C=N–C) groups is 1. The SMILES string of the molecule is CCc1ccccc1NC(=NC[C@@H]1CCCO1)NC(=O)c1cc(OC)cc(OC)c1. The van der Waals surface area contributed by atoms with Crippen molar-refractivity contribution in [2.24, 2.45) is 4.99 Å². The van der Waals surface area contributed by atoms with E-state index in [0.717, 1.165) is 37.1 Å². The van der Waals surface area contributed by atoms with Crippen LogP contribution in [0.5, 0.6) is 11.5 Å². The zero-order chi connectivity index (χ0) is 21.3. The van der Waals surface area contributed by atoms with E-state index in [1.807, 2.05) is 18.2 Å². The van der Waals surface area contributed by atoms with Crippen LogP contribution in [0.15, 0.2) is 47.5 Å². The van der Waals surface area contributed by atoms with Crippen LogP contribution in [0.4, 0.5) is 5.69 Å². The molecule has 1 fully saturated rings. The van der Waals surface area contributed by atoms with Gasteiger partial charge in [0.25, 0.3) is 5.91 Å². The Labute approximate surface area is 177 Å². The number of hydrogen-bond donors (Lipinski definition) is 2. The van der Waals surface area contributed by atoms with Gasteiger partial charge in [0, 0.05) is 23.9 Å². The number of nitrogens with zero attached hydrogens (tertiary/aromatic N) is 1. The Morgan fingerprint density at radius 1 is 1.17 bits per heavy atom. The van der Waals surface area contributed by atoms with E-state index < -0.39 is 0 Å². The maximum atomic E-state index is 13.0. The molecule has 3 rings (SSSR count). The molecule has 1 amide bonds. The molecule has 30 heavy (non-hydrogen) atoms. The monoisotopic (exact) mass is 411 g/mol. The van der Waals surface area contributed by atoms with Crippen molar-refractivity contribution in [1.29, 1.82) is 0 Å². The van der Waals surface area contributed by atoms with E-state index in [1.54, 1.807) is 32.4 Å². The maximum Gasteiger partial charge on any atom is 0.258 e. The molecule has 0 unspecified atom stereocenters. The van der Waals surface area contributed by atoms with Crippen molar-refractivity contribution in [2.75, 3.05) is 32.7 Å². The highest BCUT2D eigenvalue weighted by Crippen LogP contribution is 2.22. The Morgan fingerprint density at radius 2 is 1.90 bits per heavy atom. The third-order valence-electron chi connectivity index (χ3n) is 4.97. The van der Waals surface area contributed by atoms with E-state index in [9.17, 15) is 4.79 Å². The number of anilines is 1. The van der Waals surface area contributed by atoms with Gasteiger partial charge in [-0.25, -0.2) is 4.99 Å². The van der Waals surface area contributed by atoms with E-state index in [1.165, 1.54) is 0 Å². The molecule has 1 atom stereocenters. The quantitative estimate of drug-likeness (QED) is 0.537. The Hall–Kier alpha value is -3.06. The van der Waals surface area contributed by atoms with E-state index in [-0.39, 0.29) is 12.0 Å². The van der Waals surface area contributed by atoms with Gasteiger partial charge in [-0.1, -0.05) is 25.1 Å². The van der Waals surface area contributed by atoms with Crippen LogP contribution < -0.4 is 20.1 Å². The third-order valence-corrected chi connectivity index (χ3v) is 4.97. The van der Waals surface area contributed by atoms with Gasteiger partial charge in [-0.3, -0.25) is 10.1 Å². The lowest BCUT2D eigenvalue weighted by molar-refractivity contribution is 0.0975. The van der Waals surface area contributed by atoms with Crippen LogP contribution in [-0.2, 0) is 11.2 Å². The zero-order valence-electron chi connectivity index (χ0n) is 17.7. The van der Waals surface area contributed by atoms with Gasteiger partial charge in [0.2, 0.25) is 5.96 Å². The minimum atomic E-state index is -0.306. The second-order valence-corrected chi connectivity index (χ2v) is 7.02. The summed E-state index contributed by atoms with van der Waals surface area (Å²) in [5.41, 5.74) is 2.47. The lowest BCUT2D eigenvalue weighted by atomic mass is 10.1. The number of guanidine groups is 1. The minimum Gasteiger partial charge on any atom is -0.497 e. The standard InChI is InChI=1S/C23H29N3O4/c1-4-16-8-5-6-10-21(16)25-23(24-15-18-9-7-11-30-18)26-22(27)17-12-19(28-2)14-20(13-17)29-3/h5-6,8,10,12-14,18H,4,7,9,11,15H2,1-3H3,(H2,24,25,26,27)/t18-/m0/s1. The van der Waals surface area contributed by atoms with E-state index >= 15 is 0 Å². The highest BCUT2D eigenvalue weighted by atomic mass is 16.5. The van der Waals surface area contributed by atoms with Gasteiger partial charge in [-0.2, -0.15) is 0 Å². The molecule has 0 radical (unpaired) electrons. The second-order valence-electron chi connectivity index (χ2n) is 7.02. The van der Waals surface area contributed by atoms with Gasteiger partial charge in [0.1, 0.15) is 11.5 Å². The summed E-state index contributed by atoms with van der Waals surface area (Å²) >= 11 is 0. The molecule has 0 spiro atoms. The molecule has 0 aromatic heterocycles. The summed E-state index contributed by atoms with van der Waals surface area (Å²) in [5, 5.41) is 6.17. The van der Waals surface area contributed by atoms with Crippen molar-refractivity contribution < 1.29 is 19.0 Å². The predicted molar refractivity (Wildman–Crippen MR) is 118 cm³/mol. The smallest absolute Gasteiger partial charge is 0.258 e. The Kier molecular flexibility index (Phi) is 7.68. The Morgan fingerprint density at radius 3 is 2.53 bits per heavy atom. The van der Waals surface area contributed by atoms with Gasteiger partial charge in [-0.15, -0.1) is 0 Å². The topological polar surface area (TPSA) is 81.2 Å². The average molecular weight is 412 g/mol. The summed E-state index contributed by atoms with van der Waals surface area (Å²) in [6.45, 7) is 3.33. The number of amides is 1. The largest absolute Gasteiger partial charge is 0.497 e. The number of aryl methyl sites for hydroxylation is 1. The van der Waals surface area contributed by atoms with E-state index in [2.05, 4.69) is 28.6 Å². The van der Waals surface area contributed by atoms with Crippen molar-refractivity contribution in [1.82, 2.24) is 5.32 Å². The summed E-state index contributed by atoms with van der Waals surface area (Å²) in [6, 6.07) is 13.0. The Bertz CT molecular complexity index is 870. The second kappa shape index (κ2) is 10.6. The van der Waals surface area contributed by atoms with E-state index in [4.69, 9.17) is 14.2 Å². The number of carbonyl (C=O) groups excluding carboxylic acids is 1. The molecule has 1 heterocycles. The lowest BCUT2D eigenvalue weighted by Gasteiger charge is -2.16. The molecular formula is C23H29N3O4. The first-order chi connectivity index (χ1) is 14.6. The molecule has 1 aliphatic heterocycles. The van der Waals surface area contributed by atoms with Crippen molar-refractivity contribution in [3.8, 4) is 11.5 Å². The van der Waals surface area contributed by atoms with Crippen LogP contribution >= 0.6 is 0 Å². The number of hydrogen-bond acceptors (Lipinski definition) is 5. The molecular weight excluding hydrogens is 382 g/mol. The molecule has 2 aromatic carbocycles. The number of rotatable bonds is 7. The van der Waals surface area contributed by atoms with Crippen LogP contribution in [0.1, 0.15) is 35.7 Å². The van der Waals surface area contributed by atoms with Crippen LogP contribution in [0.25, 0.3) is 0 Å². The number of para-hydroxylation sites is 1. The van der Waals surface area contributed by atoms with Crippen molar-refractivity contribution in [3.05, 3.63) is 53.6 Å². The predicted octanol–water partition coefficient (Wildman–Crippen LogP) is 3.64. The van der Waals surface area contributed by atoms with Crippen LogP contribution in [-0.4, -0.2) is 45.3 Å². The van der Waals surface area contributed by atoms with Crippen LogP contribution in [0, 0.1) is 0 Å². The highest BCUT2D eigenvalue weighted by Gasteiger charge is 2.17. The first kappa shape index (κ1) is 21.6. The maximum absolute atomic E-state index is 13.0. The molecule has 2 N–H and O–H groups in total. The molecule has 7 heteroatoms. The summed E-state index contributed by atoms with van der Waals surface area (Å²) < 4.78 is 16.2. The summed E-state index contributed by atoms with van der Waals surface area (Å²) in [7, 11) is 3.10. The van der Waals surface area contributed by atoms with Gasteiger partial charge in [-0.05, 0) is 43.0 Å². The number of benzene rings is 2. The van der Waals surface area contributed by atoms with Gasteiger partial charge < -0.3 is 19.5 Å². The summed E-state index contributed by atoms with van der Waals surface area (Å²) in [6.07, 6.45) is 2.96.